The average molecular weight is 733 g/mol. The second-order valence-electron chi connectivity index (χ2n) is 14.0. The summed E-state index contributed by atoms with van der Waals surface area (Å²) in [6, 6.07) is 68.8. The van der Waals surface area contributed by atoms with E-state index in [4.69, 9.17) is 15.0 Å². The molecular formula is C51H32N4S. The van der Waals surface area contributed by atoms with Crippen LogP contribution in [0.5, 0.6) is 0 Å². The fourth-order valence-corrected chi connectivity index (χ4v) is 9.07. The quantitative estimate of drug-likeness (QED) is 0.171. The molecule has 0 aliphatic rings. The second-order valence-corrected chi connectivity index (χ2v) is 15.1. The molecule has 0 amide bonds. The SMILES string of the molecule is c1ccc(-c2nc(-c3ccccc3)nc(-c3ccc4sc5ccc(-c6ccccc6-c6ccc7c(c6)c6ccccc6n7-c6ccccc6)cc5c4c3)n2)cc1. The Labute approximate surface area is 327 Å². The highest BCUT2D eigenvalue weighted by Crippen LogP contribution is 2.42. The van der Waals surface area contributed by atoms with E-state index in [0.717, 1.165) is 22.4 Å². The van der Waals surface area contributed by atoms with Gasteiger partial charge in [-0.25, -0.2) is 15.0 Å². The first-order valence-corrected chi connectivity index (χ1v) is 19.6. The summed E-state index contributed by atoms with van der Waals surface area (Å²) in [5.41, 5.74) is 11.2. The Balaban J connectivity index is 1.04. The third-order valence-corrected chi connectivity index (χ3v) is 11.8. The number of para-hydroxylation sites is 2. The van der Waals surface area contributed by atoms with E-state index in [0.29, 0.717) is 17.5 Å². The lowest BCUT2D eigenvalue weighted by atomic mass is 9.93. The van der Waals surface area contributed by atoms with Crippen molar-refractivity contribution in [3.8, 4) is 62.1 Å². The van der Waals surface area contributed by atoms with Gasteiger partial charge in [-0.3, -0.25) is 0 Å². The molecule has 0 radical (unpaired) electrons. The summed E-state index contributed by atoms with van der Waals surface area (Å²) in [6.07, 6.45) is 0. The van der Waals surface area contributed by atoms with E-state index in [1.54, 1.807) is 0 Å². The van der Waals surface area contributed by atoms with Gasteiger partial charge in [-0.2, -0.15) is 0 Å². The van der Waals surface area contributed by atoms with Crippen LogP contribution in [-0.4, -0.2) is 19.5 Å². The highest BCUT2D eigenvalue weighted by molar-refractivity contribution is 7.25. The molecule has 3 heterocycles. The number of hydrogen-bond donors (Lipinski definition) is 0. The molecule has 0 fully saturated rings. The summed E-state index contributed by atoms with van der Waals surface area (Å²) in [6.45, 7) is 0. The van der Waals surface area contributed by atoms with Crippen LogP contribution in [0, 0.1) is 0 Å². The summed E-state index contributed by atoms with van der Waals surface area (Å²) in [7, 11) is 0. The molecule has 0 aliphatic heterocycles. The Morgan fingerprint density at radius 1 is 0.321 bits per heavy atom. The predicted octanol–water partition coefficient (Wildman–Crippen LogP) is 13.7. The molecule has 56 heavy (non-hydrogen) atoms. The van der Waals surface area contributed by atoms with Crippen molar-refractivity contribution in [2.24, 2.45) is 0 Å². The summed E-state index contributed by atoms with van der Waals surface area (Å²) in [5.74, 6) is 1.97. The summed E-state index contributed by atoms with van der Waals surface area (Å²) in [4.78, 5) is 14.9. The van der Waals surface area contributed by atoms with Gasteiger partial charge < -0.3 is 4.57 Å². The molecular weight excluding hydrogens is 701 g/mol. The van der Waals surface area contributed by atoms with Crippen LogP contribution in [0.25, 0.3) is 104 Å². The first kappa shape index (κ1) is 32.2. The largest absolute Gasteiger partial charge is 0.309 e. The normalized spacial score (nSPS) is 11.6. The van der Waals surface area contributed by atoms with E-state index in [2.05, 4.69) is 138 Å². The maximum absolute atomic E-state index is 5.02. The number of nitrogens with zero attached hydrogens (tertiary/aromatic N) is 4. The highest BCUT2D eigenvalue weighted by Gasteiger charge is 2.17. The van der Waals surface area contributed by atoms with E-state index < -0.39 is 0 Å². The zero-order valence-corrected chi connectivity index (χ0v) is 31.0. The molecule has 3 aromatic heterocycles. The van der Waals surface area contributed by atoms with Crippen LogP contribution in [0.3, 0.4) is 0 Å². The lowest BCUT2D eigenvalue weighted by molar-refractivity contribution is 1.07. The van der Waals surface area contributed by atoms with Gasteiger partial charge in [0.1, 0.15) is 0 Å². The minimum absolute atomic E-state index is 0.657. The molecule has 0 aliphatic carbocycles. The van der Waals surface area contributed by atoms with Crippen molar-refractivity contribution in [3.63, 3.8) is 0 Å². The van der Waals surface area contributed by atoms with Gasteiger partial charge in [-0.15, -0.1) is 11.3 Å². The highest BCUT2D eigenvalue weighted by atomic mass is 32.1. The van der Waals surface area contributed by atoms with Gasteiger partial charge in [0.05, 0.1) is 11.0 Å². The van der Waals surface area contributed by atoms with E-state index in [1.165, 1.54) is 64.2 Å². The van der Waals surface area contributed by atoms with Crippen molar-refractivity contribution in [2.75, 3.05) is 0 Å². The molecule has 262 valence electrons. The van der Waals surface area contributed by atoms with Crippen LogP contribution in [0.1, 0.15) is 0 Å². The number of aromatic nitrogens is 4. The van der Waals surface area contributed by atoms with Crippen molar-refractivity contribution in [3.05, 3.63) is 194 Å². The Hall–Kier alpha value is -7.21. The lowest BCUT2D eigenvalue weighted by Crippen LogP contribution is -2.00. The molecule has 0 saturated heterocycles. The molecule has 11 rings (SSSR count). The van der Waals surface area contributed by atoms with Crippen molar-refractivity contribution < 1.29 is 0 Å². The molecule has 0 bridgehead atoms. The van der Waals surface area contributed by atoms with E-state index in [-0.39, 0.29) is 0 Å². The summed E-state index contributed by atoms with van der Waals surface area (Å²) in [5, 5.41) is 4.91. The minimum Gasteiger partial charge on any atom is -0.309 e. The Kier molecular flexibility index (Phi) is 7.64. The van der Waals surface area contributed by atoms with Crippen LogP contribution < -0.4 is 0 Å². The zero-order chi connectivity index (χ0) is 37.0. The second kappa shape index (κ2) is 13.3. The molecule has 11 aromatic rings. The van der Waals surface area contributed by atoms with Crippen molar-refractivity contribution in [2.45, 2.75) is 0 Å². The number of rotatable bonds is 6. The van der Waals surface area contributed by atoms with Crippen molar-refractivity contribution in [1.82, 2.24) is 19.5 Å². The maximum Gasteiger partial charge on any atom is 0.164 e. The zero-order valence-electron chi connectivity index (χ0n) is 30.2. The third kappa shape index (κ3) is 5.48. The minimum atomic E-state index is 0.657. The molecule has 0 saturated carbocycles. The van der Waals surface area contributed by atoms with E-state index in [9.17, 15) is 0 Å². The Morgan fingerprint density at radius 3 is 1.39 bits per heavy atom. The standard InChI is InChI=1S/C51H32N4S/c1-4-14-33(15-5-1)49-52-50(34-16-6-2-7-17-34)54-51(53-49)37-26-29-48-44(32-37)43-31-36(25-28-47(43)56-48)40-21-11-10-20-39(40)35-24-27-46-42(30-35)41-22-12-13-23-45(41)55(46)38-18-8-3-9-19-38/h1-32H. The fourth-order valence-electron chi connectivity index (χ4n) is 8.00. The van der Waals surface area contributed by atoms with Crippen molar-refractivity contribution in [1.29, 1.82) is 0 Å². The lowest BCUT2D eigenvalue weighted by Gasteiger charge is -2.12. The van der Waals surface area contributed by atoms with Crippen LogP contribution in [0.15, 0.2) is 194 Å². The molecule has 8 aromatic carbocycles. The molecule has 0 N–H and O–H groups in total. The summed E-state index contributed by atoms with van der Waals surface area (Å²) >= 11 is 1.82. The number of thiophene rings is 1. The van der Waals surface area contributed by atoms with Gasteiger partial charge in [0, 0.05) is 53.3 Å². The van der Waals surface area contributed by atoms with Crippen LogP contribution >= 0.6 is 11.3 Å². The fraction of sp³-hybridized carbons (Fsp3) is 0. The van der Waals surface area contributed by atoms with Gasteiger partial charge in [0.2, 0.25) is 0 Å². The van der Waals surface area contributed by atoms with Gasteiger partial charge in [-0.05, 0) is 82.9 Å². The number of benzene rings is 8. The number of fused-ring (bicyclic) bond motifs is 6. The smallest absolute Gasteiger partial charge is 0.164 e. The Morgan fingerprint density at radius 2 is 0.768 bits per heavy atom. The summed E-state index contributed by atoms with van der Waals surface area (Å²) < 4.78 is 4.85. The predicted molar refractivity (Wildman–Crippen MR) is 234 cm³/mol. The van der Waals surface area contributed by atoms with Crippen LogP contribution in [0.2, 0.25) is 0 Å². The maximum atomic E-state index is 5.02. The van der Waals surface area contributed by atoms with Crippen LogP contribution in [-0.2, 0) is 0 Å². The first-order chi connectivity index (χ1) is 27.7. The number of hydrogen-bond acceptors (Lipinski definition) is 4. The van der Waals surface area contributed by atoms with E-state index in [1.807, 2.05) is 72.0 Å². The van der Waals surface area contributed by atoms with Gasteiger partial charge in [0.15, 0.2) is 17.5 Å². The third-order valence-electron chi connectivity index (χ3n) is 10.7. The molecule has 4 nitrogen and oxygen atoms in total. The van der Waals surface area contributed by atoms with Gasteiger partial charge in [-0.1, -0.05) is 133 Å². The van der Waals surface area contributed by atoms with Gasteiger partial charge >= 0.3 is 0 Å². The first-order valence-electron chi connectivity index (χ1n) is 18.8. The van der Waals surface area contributed by atoms with Crippen molar-refractivity contribution >= 4 is 53.3 Å². The average Bonchev–Trinajstić information content (AvgIpc) is 3.82. The molecule has 0 atom stereocenters. The van der Waals surface area contributed by atoms with Crippen LogP contribution in [0.4, 0.5) is 0 Å². The molecule has 0 spiro atoms. The van der Waals surface area contributed by atoms with Gasteiger partial charge in [0.25, 0.3) is 0 Å². The molecule has 5 heteroatoms. The van der Waals surface area contributed by atoms with E-state index >= 15 is 0 Å². The monoisotopic (exact) mass is 732 g/mol. The molecule has 0 unspecified atom stereocenters. The topological polar surface area (TPSA) is 43.6 Å². The Bertz CT molecular complexity index is 3180.